The molecule has 2 unspecified atom stereocenters. The topological polar surface area (TPSA) is 63.4 Å². The van der Waals surface area contributed by atoms with E-state index in [1.165, 1.54) is 6.26 Å². The van der Waals surface area contributed by atoms with Gasteiger partial charge in [-0.05, 0) is 32.4 Å². The van der Waals surface area contributed by atoms with E-state index in [9.17, 15) is 8.42 Å². The standard InChI is InChI=1S/C12H26N2O2S/c1-4-9-14(5-2)12(10-13)8-6-7-11(12)17(3,15)16/h11H,4-10,13H2,1-3H3. The maximum Gasteiger partial charge on any atom is 0.152 e. The fourth-order valence-corrected chi connectivity index (χ4v) is 5.08. The summed E-state index contributed by atoms with van der Waals surface area (Å²) in [6.07, 6.45) is 5.03. The Morgan fingerprint density at radius 1 is 1.41 bits per heavy atom. The van der Waals surface area contributed by atoms with E-state index >= 15 is 0 Å². The highest BCUT2D eigenvalue weighted by Gasteiger charge is 2.50. The van der Waals surface area contributed by atoms with Crippen LogP contribution in [0.3, 0.4) is 0 Å². The van der Waals surface area contributed by atoms with E-state index in [1.54, 1.807) is 0 Å². The molecule has 0 amide bonds. The Morgan fingerprint density at radius 2 is 2.06 bits per heavy atom. The Bertz CT molecular complexity index is 342. The monoisotopic (exact) mass is 262 g/mol. The summed E-state index contributed by atoms with van der Waals surface area (Å²) in [5.41, 5.74) is 5.64. The van der Waals surface area contributed by atoms with Crippen LogP contribution in [0.1, 0.15) is 39.5 Å². The molecule has 0 aromatic carbocycles. The molecule has 0 spiro atoms. The molecular formula is C12H26N2O2S. The van der Waals surface area contributed by atoms with Crippen molar-refractivity contribution in [1.29, 1.82) is 0 Å². The third kappa shape index (κ3) is 2.83. The first-order valence-corrected chi connectivity index (χ1v) is 8.51. The Hall–Kier alpha value is -0.130. The molecule has 0 aromatic heterocycles. The average Bonchev–Trinajstić information content (AvgIpc) is 2.70. The molecule has 2 atom stereocenters. The van der Waals surface area contributed by atoms with Crippen molar-refractivity contribution in [3.05, 3.63) is 0 Å². The lowest BCUT2D eigenvalue weighted by Gasteiger charge is -2.43. The summed E-state index contributed by atoms with van der Waals surface area (Å²) in [5.74, 6) is 0. The van der Waals surface area contributed by atoms with Gasteiger partial charge in [-0.2, -0.15) is 0 Å². The lowest BCUT2D eigenvalue weighted by atomic mass is 9.94. The predicted octanol–water partition coefficient (Wildman–Crippen LogP) is 1.01. The van der Waals surface area contributed by atoms with E-state index in [1.807, 2.05) is 0 Å². The maximum atomic E-state index is 12.0. The normalized spacial score (nSPS) is 30.1. The van der Waals surface area contributed by atoms with Gasteiger partial charge in [-0.15, -0.1) is 0 Å². The molecule has 0 bridgehead atoms. The van der Waals surface area contributed by atoms with E-state index in [2.05, 4.69) is 18.7 Å². The van der Waals surface area contributed by atoms with Crippen LogP contribution in [-0.4, -0.2) is 50.0 Å². The minimum atomic E-state index is -3.02. The van der Waals surface area contributed by atoms with Gasteiger partial charge in [0.25, 0.3) is 0 Å². The number of hydrogen-bond donors (Lipinski definition) is 1. The molecule has 102 valence electrons. The third-order valence-electron chi connectivity index (χ3n) is 4.05. The van der Waals surface area contributed by atoms with Crippen LogP contribution in [-0.2, 0) is 9.84 Å². The number of likely N-dealkylation sites (N-methyl/N-ethyl adjacent to an activating group) is 1. The van der Waals surface area contributed by atoms with Crippen LogP contribution >= 0.6 is 0 Å². The van der Waals surface area contributed by atoms with Crippen LogP contribution in [0.15, 0.2) is 0 Å². The molecule has 1 fully saturated rings. The van der Waals surface area contributed by atoms with Gasteiger partial charge in [-0.1, -0.05) is 20.3 Å². The second kappa shape index (κ2) is 5.67. The highest BCUT2D eigenvalue weighted by Crippen LogP contribution is 2.38. The van der Waals surface area contributed by atoms with Crippen LogP contribution in [0, 0.1) is 0 Å². The fourth-order valence-electron chi connectivity index (χ4n) is 3.33. The molecule has 1 rings (SSSR count). The average molecular weight is 262 g/mol. The summed E-state index contributed by atoms with van der Waals surface area (Å²) in [6.45, 7) is 6.46. The fraction of sp³-hybridized carbons (Fsp3) is 1.00. The molecule has 1 saturated carbocycles. The van der Waals surface area contributed by atoms with Crippen molar-refractivity contribution >= 4 is 9.84 Å². The smallest absolute Gasteiger partial charge is 0.152 e. The third-order valence-corrected chi connectivity index (χ3v) is 5.76. The van der Waals surface area contributed by atoms with E-state index in [-0.39, 0.29) is 10.8 Å². The van der Waals surface area contributed by atoms with Gasteiger partial charge in [0, 0.05) is 18.3 Å². The second-order valence-corrected chi connectivity index (χ2v) is 7.33. The highest BCUT2D eigenvalue weighted by molar-refractivity contribution is 7.91. The van der Waals surface area contributed by atoms with Gasteiger partial charge in [-0.25, -0.2) is 8.42 Å². The first-order chi connectivity index (χ1) is 7.92. The van der Waals surface area contributed by atoms with Gasteiger partial charge in [0.2, 0.25) is 0 Å². The molecule has 0 aliphatic heterocycles. The van der Waals surface area contributed by atoms with Gasteiger partial charge in [0.05, 0.1) is 5.25 Å². The van der Waals surface area contributed by atoms with E-state index in [4.69, 9.17) is 5.73 Å². The van der Waals surface area contributed by atoms with Crippen LogP contribution in [0.25, 0.3) is 0 Å². The lowest BCUT2D eigenvalue weighted by molar-refractivity contribution is 0.108. The minimum Gasteiger partial charge on any atom is -0.329 e. The molecule has 5 heteroatoms. The maximum absolute atomic E-state index is 12.0. The van der Waals surface area contributed by atoms with Gasteiger partial charge in [-0.3, -0.25) is 4.90 Å². The molecule has 17 heavy (non-hydrogen) atoms. The Morgan fingerprint density at radius 3 is 2.47 bits per heavy atom. The van der Waals surface area contributed by atoms with Crippen LogP contribution in [0.2, 0.25) is 0 Å². The van der Waals surface area contributed by atoms with E-state index in [0.717, 1.165) is 38.8 Å². The molecule has 2 N–H and O–H groups in total. The van der Waals surface area contributed by atoms with Gasteiger partial charge in [0.15, 0.2) is 9.84 Å². The van der Waals surface area contributed by atoms with Crippen molar-refractivity contribution in [3.63, 3.8) is 0 Å². The molecule has 0 heterocycles. The Labute approximate surface area is 105 Å². The number of nitrogens with zero attached hydrogens (tertiary/aromatic N) is 1. The summed E-state index contributed by atoms with van der Waals surface area (Å²) >= 11 is 0. The summed E-state index contributed by atoms with van der Waals surface area (Å²) in [4.78, 5) is 2.28. The van der Waals surface area contributed by atoms with Crippen LogP contribution < -0.4 is 5.73 Å². The summed E-state index contributed by atoms with van der Waals surface area (Å²) in [6, 6.07) is 0. The number of hydrogen-bond acceptors (Lipinski definition) is 4. The summed E-state index contributed by atoms with van der Waals surface area (Å²) in [7, 11) is -3.02. The van der Waals surface area contributed by atoms with Crippen molar-refractivity contribution in [2.75, 3.05) is 25.9 Å². The Balaban J connectivity index is 3.08. The first kappa shape index (κ1) is 14.9. The van der Waals surface area contributed by atoms with E-state index < -0.39 is 9.84 Å². The highest BCUT2D eigenvalue weighted by atomic mass is 32.2. The molecule has 0 radical (unpaired) electrons. The zero-order valence-electron chi connectivity index (χ0n) is 11.3. The molecule has 0 saturated heterocycles. The predicted molar refractivity (Wildman–Crippen MR) is 71.8 cm³/mol. The quantitative estimate of drug-likeness (QED) is 0.776. The molecule has 1 aliphatic carbocycles. The van der Waals surface area contributed by atoms with E-state index in [0.29, 0.717) is 6.54 Å². The van der Waals surface area contributed by atoms with Crippen molar-refractivity contribution in [2.45, 2.75) is 50.3 Å². The zero-order valence-corrected chi connectivity index (χ0v) is 12.1. The molecule has 0 aromatic rings. The first-order valence-electron chi connectivity index (χ1n) is 6.56. The van der Waals surface area contributed by atoms with Gasteiger partial charge < -0.3 is 5.73 Å². The number of sulfone groups is 1. The lowest BCUT2D eigenvalue weighted by Crippen LogP contribution is -2.60. The van der Waals surface area contributed by atoms with Crippen molar-refractivity contribution < 1.29 is 8.42 Å². The van der Waals surface area contributed by atoms with Crippen molar-refractivity contribution in [1.82, 2.24) is 4.90 Å². The molecular weight excluding hydrogens is 236 g/mol. The van der Waals surface area contributed by atoms with Crippen LogP contribution in [0.4, 0.5) is 0 Å². The Kier molecular flexibility index (Phi) is 4.98. The largest absolute Gasteiger partial charge is 0.329 e. The summed E-state index contributed by atoms with van der Waals surface area (Å²) < 4.78 is 23.9. The van der Waals surface area contributed by atoms with Crippen LogP contribution in [0.5, 0.6) is 0 Å². The molecule has 1 aliphatic rings. The SMILES string of the molecule is CCCN(CC)C1(CN)CCCC1S(C)(=O)=O. The van der Waals surface area contributed by atoms with Crippen molar-refractivity contribution in [2.24, 2.45) is 5.73 Å². The second-order valence-electron chi connectivity index (χ2n) is 5.10. The molecule has 4 nitrogen and oxygen atoms in total. The number of nitrogens with two attached hydrogens (primary N) is 1. The number of rotatable bonds is 6. The van der Waals surface area contributed by atoms with Crippen molar-refractivity contribution in [3.8, 4) is 0 Å². The zero-order chi connectivity index (χ0) is 13.1. The van der Waals surface area contributed by atoms with Gasteiger partial charge >= 0.3 is 0 Å². The van der Waals surface area contributed by atoms with Gasteiger partial charge in [0.1, 0.15) is 0 Å². The summed E-state index contributed by atoms with van der Waals surface area (Å²) in [5, 5.41) is -0.286. The minimum absolute atomic E-state index is 0.286.